The molecule has 0 saturated heterocycles. The van der Waals surface area contributed by atoms with E-state index in [0.29, 0.717) is 0 Å². The van der Waals surface area contributed by atoms with Crippen molar-refractivity contribution in [2.75, 3.05) is 6.61 Å². The molecule has 0 aromatic heterocycles. The van der Waals surface area contributed by atoms with Gasteiger partial charge in [0.2, 0.25) is 0 Å². The third-order valence-electron chi connectivity index (χ3n) is 0.968. The molecule has 0 aliphatic carbocycles. The van der Waals surface area contributed by atoms with Crippen molar-refractivity contribution in [1.82, 2.24) is 4.72 Å². The van der Waals surface area contributed by atoms with Crippen LogP contribution in [0.4, 0.5) is 0 Å². The van der Waals surface area contributed by atoms with Gasteiger partial charge >= 0.3 is 10.3 Å². The van der Waals surface area contributed by atoms with Gasteiger partial charge in [-0.3, -0.25) is 13.8 Å². The molecule has 0 rings (SSSR count). The maximum Gasteiger partial charge on any atom is 0.362 e. The maximum atomic E-state index is 10.9. The van der Waals surface area contributed by atoms with Gasteiger partial charge in [0.15, 0.2) is 0 Å². The molecule has 8 heteroatoms. The summed E-state index contributed by atoms with van der Waals surface area (Å²) in [6.45, 7) is 7.83. The van der Waals surface area contributed by atoms with Gasteiger partial charge in [0.05, 0.1) is 6.61 Å². The van der Waals surface area contributed by atoms with Crippen molar-refractivity contribution >= 4 is 22.2 Å². The van der Waals surface area contributed by atoms with Gasteiger partial charge in [0, 0.05) is 6.92 Å². The summed E-state index contributed by atoms with van der Waals surface area (Å²) in [4.78, 5) is 19.6. The Bertz CT molecular complexity index is 356. The normalized spacial score (nSPS) is 10.1. The molecular weight excluding hydrogens is 250 g/mol. The fourth-order valence-electron chi connectivity index (χ4n) is 0.420. The van der Waals surface area contributed by atoms with Crippen LogP contribution in [-0.4, -0.2) is 32.0 Å². The minimum Gasteiger partial charge on any atom is -0.481 e. The number of hydrogen-bond donors (Lipinski definition) is 2. The van der Waals surface area contributed by atoms with Crippen molar-refractivity contribution in [1.29, 1.82) is 0 Å². The number of hydrogen-bond acceptors (Lipinski definition) is 5. The molecule has 0 aliphatic heterocycles. The van der Waals surface area contributed by atoms with Crippen molar-refractivity contribution in [2.24, 2.45) is 5.92 Å². The van der Waals surface area contributed by atoms with Gasteiger partial charge in [-0.2, -0.15) is 8.42 Å². The zero-order valence-corrected chi connectivity index (χ0v) is 10.8. The third-order valence-corrected chi connectivity index (χ3v) is 1.87. The lowest BCUT2D eigenvalue weighted by Crippen LogP contribution is -2.31. The van der Waals surface area contributed by atoms with Crippen LogP contribution in [0.3, 0.4) is 0 Å². The van der Waals surface area contributed by atoms with Crippen molar-refractivity contribution in [3.63, 3.8) is 0 Å². The quantitative estimate of drug-likeness (QED) is 0.693. The minimum atomic E-state index is -3.96. The Labute approximate surface area is 101 Å². The van der Waals surface area contributed by atoms with Crippen LogP contribution in [0.2, 0.25) is 0 Å². The van der Waals surface area contributed by atoms with Crippen LogP contribution >= 0.6 is 0 Å². The number of carbonyl (C=O) groups is 2. The lowest BCUT2D eigenvalue weighted by atomic mass is 10.2. The fraction of sp³-hybridized carbons (Fsp3) is 0.556. The molecule has 0 bridgehead atoms. The first kappa shape index (κ1) is 18.0. The number of carboxylic acid groups (broad SMARTS) is 1. The number of carboxylic acids is 1. The van der Waals surface area contributed by atoms with Crippen LogP contribution in [0.5, 0.6) is 0 Å². The van der Waals surface area contributed by atoms with E-state index in [1.54, 1.807) is 18.6 Å². The average Bonchev–Trinajstić information content (AvgIpc) is 2.13. The molecule has 7 nitrogen and oxygen atoms in total. The molecular formula is C9H17NO6S. The van der Waals surface area contributed by atoms with Crippen molar-refractivity contribution in [3.8, 4) is 0 Å². The molecule has 0 heterocycles. The van der Waals surface area contributed by atoms with Crippen LogP contribution in [0.1, 0.15) is 20.8 Å². The molecule has 0 saturated carbocycles. The monoisotopic (exact) mass is 267 g/mol. The highest BCUT2D eigenvalue weighted by Crippen LogP contribution is 1.96. The number of rotatable bonds is 5. The van der Waals surface area contributed by atoms with E-state index in [2.05, 4.69) is 10.8 Å². The summed E-state index contributed by atoms with van der Waals surface area (Å²) in [7, 11) is -3.96. The SMILES string of the molecule is C=CC(=O)NS(=O)(=O)OCC(C)C.CC(=O)O. The van der Waals surface area contributed by atoms with Gasteiger partial charge in [-0.05, 0) is 12.0 Å². The molecule has 2 N–H and O–H groups in total. The molecule has 100 valence electrons. The Morgan fingerprint density at radius 1 is 1.47 bits per heavy atom. The van der Waals surface area contributed by atoms with E-state index in [9.17, 15) is 13.2 Å². The number of nitrogens with one attached hydrogen (secondary N) is 1. The summed E-state index contributed by atoms with van der Waals surface area (Å²) in [5, 5.41) is 7.42. The summed E-state index contributed by atoms with van der Waals surface area (Å²) in [5.41, 5.74) is 0. The molecule has 0 atom stereocenters. The van der Waals surface area contributed by atoms with Crippen LogP contribution < -0.4 is 4.72 Å². The van der Waals surface area contributed by atoms with E-state index in [-0.39, 0.29) is 12.5 Å². The first-order chi connectivity index (χ1) is 7.60. The smallest absolute Gasteiger partial charge is 0.362 e. The predicted octanol–water partition coefficient (Wildman–Crippen LogP) is 0.297. The standard InChI is InChI=1S/C7H13NO4S.C2H4O2/c1-4-7(9)8-13(10,11)12-5-6(2)3;1-2(3)4/h4,6H,1,5H2,2-3H3,(H,8,9);1H3,(H,3,4). The number of aliphatic carboxylic acids is 1. The molecule has 1 amide bonds. The molecule has 0 aliphatic rings. The van der Waals surface area contributed by atoms with Gasteiger partial charge in [-0.1, -0.05) is 20.4 Å². The van der Waals surface area contributed by atoms with Gasteiger partial charge in [-0.25, -0.2) is 4.72 Å². The largest absolute Gasteiger partial charge is 0.481 e. The minimum absolute atomic E-state index is 0.0414. The molecule has 17 heavy (non-hydrogen) atoms. The molecule has 0 aromatic carbocycles. The van der Waals surface area contributed by atoms with Gasteiger partial charge in [0.25, 0.3) is 11.9 Å². The third kappa shape index (κ3) is 17.2. The van der Waals surface area contributed by atoms with E-state index >= 15 is 0 Å². The first-order valence-electron chi connectivity index (χ1n) is 4.63. The average molecular weight is 267 g/mol. The fourth-order valence-corrected chi connectivity index (χ4v) is 1.26. The molecule has 0 fully saturated rings. The topological polar surface area (TPSA) is 110 Å². The number of carbonyl (C=O) groups excluding carboxylic acids is 1. The second-order valence-electron chi connectivity index (χ2n) is 3.32. The zero-order chi connectivity index (χ0) is 14.1. The lowest BCUT2D eigenvalue weighted by Gasteiger charge is -2.06. The van der Waals surface area contributed by atoms with Crippen molar-refractivity contribution in [2.45, 2.75) is 20.8 Å². The van der Waals surface area contributed by atoms with Gasteiger partial charge in [-0.15, -0.1) is 0 Å². The van der Waals surface area contributed by atoms with Gasteiger partial charge < -0.3 is 5.11 Å². The van der Waals surface area contributed by atoms with Gasteiger partial charge in [0.1, 0.15) is 0 Å². The molecule has 0 unspecified atom stereocenters. The van der Waals surface area contributed by atoms with E-state index in [1.807, 2.05) is 0 Å². The van der Waals surface area contributed by atoms with E-state index < -0.39 is 22.2 Å². The summed E-state index contributed by atoms with van der Waals surface area (Å²) < 4.78 is 27.9. The van der Waals surface area contributed by atoms with Crippen LogP contribution in [0.25, 0.3) is 0 Å². The highest BCUT2D eigenvalue weighted by Gasteiger charge is 2.13. The highest BCUT2D eigenvalue weighted by atomic mass is 32.2. The highest BCUT2D eigenvalue weighted by molar-refractivity contribution is 7.85. The molecule has 0 spiro atoms. The first-order valence-corrected chi connectivity index (χ1v) is 6.04. The van der Waals surface area contributed by atoms with Crippen molar-refractivity contribution < 1.29 is 27.3 Å². The zero-order valence-electron chi connectivity index (χ0n) is 9.97. The van der Waals surface area contributed by atoms with Crippen LogP contribution in [0.15, 0.2) is 12.7 Å². The Morgan fingerprint density at radius 3 is 2.18 bits per heavy atom. The summed E-state index contributed by atoms with van der Waals surface area (Å²) in [6, 6.07) is 0. The summed E-state index contributed by atoms with van der Waals surface area (Å²) >= 11 is 0. The second kappa shape index (κ2) is 8.71. The van der Waals surface area contributed by atoms with E-state index in [1.165, 1.54) is 0 Å². The maximum absolute atomic E-state index is 10.9. The Hall–Kier alpha value is -1.41. The lowest BCUT2D eigenvalue weighted by molar-refractivity contribution is -0.134. The predicted molar refractivity (Wildman–Crippen MR) is 61.4 cm³/mol. The van der Waals surface area contributed by atoms with E-state index in [0.717, 1.165) is 13.0 Å². The van der Waals surface area contributed by atoms with Crippen LogP contribution in [-0.2, 0) is 24.1 Å². The summed E-state index contributed by atoms with van der Waals surface area (Å²) in [6.07, 6.45) is 0.857. The summed E-state index contributed by atoms with van der Waals surface area (Å²) in [5.74, 6) is -1.56. The Kier molecular flexibility index (Phi) is 9.21. The van der Waals surface area contributed by atoms with E-state index in [4.69, 9.17) is 9.90 Å². The van der Waals surface area contributed by atoms with Crippen LogP contribution in [0, 0.1) is 5.92 Å². The second-order valence-corrected chi connectivity index (χ2v) is 4.67. The van der Waals surface area contributed by atoms with Crippen molar-refractivity contribution in [3.05, 3.63) is 12.7 Å². The molecule has 0 radical (unpaired) electrons. The number of amides is 1. The Balaban J connectivity index is 0. The molecule has 0 aromatic rings. The Morgan fingerprint density at radius 2 is 1.88 bits per heavy atom.